The van der Waals surface area contributed by atoms with E-state index in [1.807, 2.05) is 0 Å². The van der Waals surface area contributed by atoms with Gasteiger partial charge in [-0.15, -0.1) is 0 Å². The van der Waals surface area contributed by atoms with Crippen molar-refractivity contribution < 1.29 is 4.79 Å². The zero-order valence-corrected chi connectivity index (χ0v) is 7.84. The Morgan fingerprint density at radius 1 is 1.50 bits per heavy atom. The number of rotatable bonds is 1. The van der Waals surface area contributed by atoms with E-state index in [4.69, 9.17) is 5.73 Å². The van der Waals surface area contributed by atoms with E-state index in [0.717, 1.165) is 18.3 Å². The van der Waals surface area contributed by atoms with Crippen LogP contribution in [0.4, 0.5) is 0 Å². The van der Waals surface area contributed by atoms with E-state index in [0.29, 0.717) is 5.92 Å². The first-order valence-electron chi connectivity index (χ1n) is 4.85. The maximum absolute atomic E-state index is 11.3. The molecule has 0 aromatic carbocycles. The van der Waals surface area contributed by atoms with Gasteiger partial charge in [-0.1, -0.05) is 13.8 Å². The van der Waals surface area contributed by atoms with Gasteiger partial charge < -0.3 is 5.73 Å². The van der Waals surface area contributed by atoms with Gasteiger partial charge in [0.1, 0.15) is 0 Å². The summed E-state index contributed by atoms with van der Waals surface area (Å²) in [6, 6.07) is 0. The summed E-state index contributed by atoms with van der Waals surface area (Å²) < 4.78 is 0. The zero-order chi connectivity index (χ0) is 8.93. The Labute approximate surface area is 73.5 Å². The van der Waals surface area contributed by atoms with Crippen molar-refractivity contribution in [2.24, 2.45) is 28.9 Å². The lowest BCUT2D eigenvalue weighted by Crippen LogP contribution is -2.39. The molecular weight excluding hydrogens is 150 g/mol. The van der Waals surface area contributed by atoms with Gasteiger partial charge in [0.15, 0.2) is 0 Å². The number of hydrogen-bond donors (Lipinski definition) is 1. The molecule has 0 aromatic heterocycles. The van der Waals surface area contributed by atoms with E-state index in [-0.39, 0.29) is 11.3 Å². The van der Waals surface area contributed by atoms with Crippen LogP contribution >= 0.6 is 0 Å². The van der Waals surface area contributed by atoms with Crippen LogP contribution in [0.15, 0.2) is 0 Å². The van der Waals surface area contributed by atoms with Crippen LogP contribution in [0, 0.1) is 23.2 Å². The number of amides is 1. The number of nitrogens with two attached hydrogens (primary N) is 1. The highest BCUT2D eigenvalue weighted by Gasteiger charge is 2.55. The second-order valence-electron chi connectivity index (χ2n) is 4.79. The van der Waals surface area contributed by atoms with Crippen molar-refractivity contribution in [2.75, 3.05) is 0 Å². The van der Waals surface area contributed by atoms with Crippen molar-refractivity contribution in [2.45, 2.75) is 33.1 Å². The number of primary amides is 1. The second-order valence-corrected chi connectivity index (χ2v) is 4.79. The quantitative estimate of drug-likeness (QED) is 0.632. The molecule has 2 fully saturated rings. The Kier molecular flexibility index (Phi) is 1.51. The van der Waals surface area contributed by atoms with Crippen LogP contribution in [0.3, 0.4) is 0 Å². The summed E-state index contributed by atoms with van der Waals surface area (Å²) in [6.45, 7) is 4.33. The molecule has 0 aromatic rings. The monoisotopic (exact) mass is 167 g/mol. The molecule has 4 atom stereocenters. The van der Waals surface area contributed by atoms with Crippen LogP contribution in [-0.2, 0) is 4.79 Å². The summed E-state index contributed by atoms with van der Waals surface area (Å²) in [5, 5.41) is 0. The standard InChI is InChI=1S/C10H17NO/c1-6-7-3-4-8(6)10(2,5-7)9(11)12/h6-8H,3-5H2,1-2H3,(H2,11,12). The fraction of sp³-hybridized carbons (Fsp3) is 0.900. The Morgan fingerprint density at radius 2 is 2.17 bits per heavy atom. The first kappa shape index (κ1) is 8.09. The average molecular weight is 167 g/mol. The Bertz CT molecular complexity index is 226. The van der Waals surface area contributed by atoms with Crippen molar-refractivity contribution in [3.05, 3.63) is 0 Å². The van der Waals surface area contributed by atoms with E-state index < -0.39 is 0 Å². The molecule has 4 unspecified atom stereocenters. The van der Waals surface area contributed by atoms with Crippen LogP contribution < -0.4 is 5.73 Å². The van der Waals surface area contributed by atoms with Gasteiger partial charge in [0, 0.05) is 5.41 Å². The Morgan fingerprint density at radius 3 is 2.42 bits per heavy atom. The predicted molar refractivity (Wildman–Crippen MR) is 47.3 cm³/mol. The molecule has 0 aliphatic heterocycles. The topological polar surface area (TPSA) is 43.1 Å². The molecule has 2 bridgehead atoms. The summed E-state index contributed by atoms with van der Waals surface area (Å²) in [7, 11) is 0. The third kappa shape index (κ3) is 0.782. The highest BCUT2D eigenvalue weighted by Crippen LogP contribution is 2.58. The molecule has 2 N–H and O–H groups in total. The van der Waals surface area contributed by atoms with Crippen molar-refractivity contribution >= 4 is 5.91 Å². The number of fused-ring (bicyclic) bond motifs is 2. The maximum Gasteiger partial charge on any atom is 0.223 e. The van der Waals surface area contributed by atoms with E-state index in [9.17, 15) is 4.79 Å². The molecule has 2 aliphatic rings. The number of hydrogen-bond acceptors (Lipinski definition) is 1. The SMILES string of the molecule is CC1C2CCC1C(C)(C(N)=O)C2. The van der Waals surface area contributed by atoms with Gasteiger partial charge in [0.25, 0.3) is 0 Å². The lowest BCUT2D eigenvalue weighted by molar-refractivity contribution is -0.129. The summed E-state index contributed by atoms with van der Waals surface area (Å²) in [5.74, 6) is 1.98. The summed E-state index contributed by atoms with van der Waals surface area (Å²) >= 11 is 0. The van der Waals surface area contributed by atoms with E-state index in [1.54, 1.807) is 0 Å². The molecule has 68 valence electrons. The fourth-order valence-corrected chi connectivity index (χ4v) is 3.41. The van der Waals surface area contributed by atoms with Crippen LogP contribution in [0.2, 0.25) is 0 Å². The first-order chi connectivity index (χ1) is 5.55. The molecule has 0 saturated heterocycles. The molecule has 2 nitrogen and oxygen atoms in total. The van der Waals surface area contributed by atoms with E-state index >= 15 is 0 Å². The lowest BCUT2D eigenvalue weighted by Gasteiger charge is -2.30. The van der Waals surface area contributed by atoms with Crippen molar-refractivity contribution in [3.8, 4) is 0 Å². The minimum Gasteiger partial charge on any atom is -0.369 e. The molecule has 0 spiro atoms. The third-order valence-corrected chi connectivity index (χ3v) is 4.29. The van der Waals surface area contributed by atoms with Crippen LogP contribution in [0.5, 0.6) is 0 Å². The van der Waals surface area contributed by atoms with Gasteiger partial charge in [-0.3, -0.25) is 4.79 Å². The average Bonchev–Trinajstić information content (AvgIpc) is 2.44. The first-order valence-corrected chi connectivity index (χ1v) is 4.85. The zero-order valence-electron chi connectivity index (χ0n) is 7.84. The second kappa shape index (κ2) is 2.24. The molecular formula is C10H17NO. The summed E-state index contributed by atoms with van der Waals surface area (Å²) in [5.41, 5.74) is 5.26. The molecule has 0 heterocycles. The summed E-state index contributed by atoms with van der Waals surface area (Å²) in [6.07, 6.45) is 3.56. The van der Waals surface area contributed by atoms with Crippen LogP contribution in [-0.4, -0.2) is 5.91 Å². The Balaban J connectivity index is 2.28. The Hall–Kier alpha value is -0.530. The molecule has 1 amide bonds. The lowest BCUT2D eigenvalue weighted by atomic mass is 9.73. The number of carbonyl (C=O) groups is 1. The van der Waals surface area contributed by atoms with Crippen molar-refractivity contribution in [1.29, 1.82) is 0 Å². The summed E-state index contributed by atoms with van der Waals surface area (Å²) in [4.78, 5) is 11.3. The minimum absolute atomic E-state index is 0.0819. The van der Waals surface area contributed by atoms with Gasteiger partial charge >= 0.3 is 0 Å². The van der Waals surface area contributed by atoms with Gasteiger partial charge in [-0.05, 0) is 37.0 Å². The largest absolute Gasteiger partial charge is 0.369 e. The van der Waals surface area contributed by atoms with Crippen LogP contribution in [0.25, 0.3) is 0 Å². The normalized spacial score (nSPS) is 51.3. The highest BCUT2D eigenvalue weighted by atomic mass is 16.1. The minimum atomic E-state index is -0.178. The molecule has 2 rings (SSSR count). The maximum atomic E-state index is 11.3. The fourth-order valence-electron chi connectivity index (χ4n) is 3.41. The molecule has 12 heavy (non-hydrogen) atoms. The van der Waals surface area contributed by atoms with Gasteiger partial charge in [0.05, 0.1) is 0 Å². The smallest absolute Gasteiger partial charge is 0.223 e. The van der Waals surface area contributed by atoms with E-state index in [2.05, 4.69) is 13.8 Å². The van der Waals surface area contributed by atoms with Gasteiger partial charge in [0.2, 0.25) is 5.91 Å². The molecule has 2 saturated carbocycles. The van der Waals surface area contributed by atoms with Gasteiger partial charge in [-0.2, -0.15) is 0 Å². The predicted octanol–water partition coefficient (Wildman–Crippen LogP) is 1.54. The van der Waals surface area contributed by atoms with Crippen molar-refractivity contribution in [3.63, 3.8) is 0 Å². The van der Waals surface area contributed by atoms with Gasteiger partial charge in [-0.25, -0.2) is 0 Å². The highest BCUT2D eigenvalue weighted by molar-refractivity contribution is 5.81. The van der Waals surface area contributed by atoms with Crippen LogP contribution in [0.1, 0.15) is 33.1 Å². The third-order valence-electron chi connectivity index (χ3n) is 4.29. The van der Waals surface area contributed by atoms with E-state index in [1.165, 1.54) is 12.8 Å². The number of carbonyl (C=O) groups excluding carboxylic acids is 1. The van der Waals surface area contributed by atoms with Crippen molar-refractivity contribution in [1.82, 2.24) is 0 Å². The molecule has 2 aliphatic carbocycles. The molecule has 2 heteroatoms. The molecule has 0 radical (unpaired) electrons.